The molecule has 4 nitrogen and oxygen atoms in total. The first-order chi connectivity index (χ1) is 12.1. The molecule has 1 unspecified atom stereocenters. The molecule has 0 amide bonds. The lowest BCUT2D eigenvalue weighted by atomic mass is 9.90. The number of ether oxygens (including phenoxy) is 1. The third kappa shape index (κ3) is 3.25. The van der Waals surface area contributed by atoms with Gasteiger partial charge in [0.2, 0.25) is 5.88 Å². The normalized spacial score (nSPS) is 17.3. The molecule has 1 N–H and O–H groups in total. The summed E-state index contributed by atoms with van der Waals surface area (Å²) >= 11 is 1.19. The van der Waals surface area contributed by atoms with Gasteiger partial charge < -0.3 is 9.84 Å². The number of alkyl halides is 3. The van der Waals surface area contributed by atoms with Crippen LogP contribution in [-0.2, 0) is 23.9 Å². The van der Waals surface area contributed by atoms with Gasteiger partial charge in [-0.05, 0) is 31.2 Å². The maximum absolute atomic E-state index is 14.7. The Hall–Kier alpha value is -1.87. The van der Waals surface area contributed by atoms with Crippen molar-refractivity contribution in [3.63, 3.8) is 0 Å². The zero-order valence-corrected chi connectivity index (χ0v) is 15.1. The van der Waals surface area contributed by atoms with E-state index in [9.17, 15) is 22.7 Å². The molecule has 0 bridgehead atoms. The summed E-state index contributed by atoms with van der Waals surface area (Å²) in [6, 6.07) is 1.18. The Balaban J connectivity index is 2.13. The van der Waals surface area contributed by atoms with Crippen molar-refractivity contribution in [1.82, 2.24) is 9.97 Å². The molecule has 2 aromatic rings. The van der Waals surface area contributed by atoms with Crippen LogP contribution in [0.1, 0.15) is 39.6 Å². The van der Waals surface area contributed by atoms with E-state index in [0.29, 0.717) is 16.4 Å². The van der Waals surface area contributed by atoms with E-state index in [1.54, 1.807) is 6.26 Å². The third-order valence-electron chi connectivity index (χ3n) is 4.33. The minimum absolute atomic E-state index is 0.0591. The Morgan fingerprint density at radius 2 is 1.92 bits per heavy atom. The summed E-state index contributed by atoms with van der Waals surface area (Å²) in [6.07, 6.45) is -4.23. The predicted molar refractivity (Wildman–Crippen MR) is 87.6 cm³/mol. The maximum atomic E-state index is 14.7. The molecule has 3 rings (SSSR count). The zero-order chi connectivity index (χ0) is 19.2. The maximum Gasteiger partial charge on any atom is 0.417 e. The van der Waals surface area contributed by atoms with E-state index in [1.807, 2.05) is 0 Å². The second-order valence-electron chi connectivity index (χ2n) is 6.07. The van der Waals surface area contributed by atoms with Gasteiger partial charge in [0.25, 0.3) is 0 Å². The van der Waals surface area contributed by atoms with Crippen LogP contribution >= 0.6 is 11.8 Å². The molecule has 1 aliphatic rings. The molecule has 0 aliphatic carbocycles. The number of thioether (sulfide) groups is 1. The fraction of sp³-hybridized carbons (Fsp3) is 0.412. The highest BCUT2D eigenvalue weighted by Gasteiger charge is 2.41. The molecule has 1 aromatic heterocycles. The van der Waals surface area contributed by atoms with Gasteiger partial charge >= 0.3 is 6.18 Å². The molecule has 140 valence electrons. The van der Waals surface area contributed by atoms with Gasteiger partial charge in [0.1, 0.15) is 5.82 Å². The van der Waals surface area contributed by atoms with Crippen molar-refractivity contribution in [2.24, 2.45) is 0 Å². The molecule has 1 aliphatic heterocycles. The topological polar surface area (TPSA) is 55.2 Å². The van der Waals surface area contributed by atoms with Crippen molar-refractivity contribution in [2.75, 3.05) is 6.26 Å². The second-order valence-corrected chi connectivity index (χ2v) is 6.85. The van der Waals surface area contributed by atoms with Crippen LogP contribution in [0.5, 0.6) is 5.88 Å². The van der Waals surface area contributed by atoms with Crippen molar-refractivity contribution < 1.29 is 27.4 Å². The highest BCUT2D eigenvalue weighted by Crippen LogP contribution is 2.43. The largest absolute Gasteiger partial charge is 0.493 e. The van der Waals surface area contributed by atoms with Gasteiger partial charge in [-0.15, -0.1) is 0 Å². The van der Waals surface area contributed by atoms with Crippen LogP contribution < -0.4 is 0 Å². The Bertz CT molecular complexity index is 871. The number of aryl methyl sites for hydroxylation is 2. The number of aromatic hydroxyl groups is 1. The standard InChI is InChI=1S/C17H16F4N2O2S/c1-7-4-8(2)14(18)12(13(7)17(19,20)21)11-5-10-9(6-25-11)15(24)23-16(22-10)26-3/h4,11H,5-6H2,1-3H3,(H,22,23,24). The fourth-order valence-electron chi connectivity index (χ4n) is 3.18. The first kappa shape index (κ1) is 18.9. The van der Waals surface area contributed by atoms with Crippen LogP contribution in [0.4, 0.5) is 17.6 Å². The molecule has 9 heteroatoms. The SMILES string of the molecule is CSc1nc(O)c2c(n1)CC(c1c(F)c(C)cc(C)c1C(F)(F)F)OC2. The van der Waals surface area contributed by atoms with Gasteiger partial charge in [-0.2, -0.15) is 18.2 Å². The molecule has 26 heavy (non-hydrogen) atoms. The van der Waals surface area contributed by atoms with Crippen LogP contribution in [0.3, 0.4) is 0 Å². The Morgan fingerprint density at radius 1 is 1.23 bits per heavy atom. The van der Waals surface area contributed by atoms with Crippen molar-refractivity contribution in [1.29, 1.82) is 0 Å². The number of rotatable bonds is 2. The average molecular weight is 388 g/mol. The average Bonchev–Trinajstić information content (AvgIpc) is 2.56. The zero-order valence-electron chi connectivity index (χ0n) is 14.2. The van der Waals surface area contributed by atoms with Crippen molar-refractivity contribution >= 4 is 11.8 Å². The second kappa shape index (κ2) is 6.70. The minimum Gasteiger partial charge on any atom is -0.493 e. The number of hydrogen-bond acceptors (Lipinski definition) is 5. The van der Waals surface area contributed by atoms with Crippen LogP contribution in [0.2, 0.25) is 0 Å². The van der Waals surface area contributed by atoms with Crippen LogP contribution in [0.25, 0.3) is 0 Å². The summed E-state index contributed by atoms with van der Waals surface area (Å²) in [7, 11) is 0. The molecule has 1 atom stereocenters. The highest BCUT2D eigenvalue weighted by atomic mass is 32.2. The molecule has 0 spiro atoms. The van der Waals surface area contributed by atoms with E-state index in [4.69, 9.17) is 4.74 Å². The van der Waals surface area contributed by atoms with Gasteiger partial charge in [0.15, 0.2) is 5.16 Å². The van der Waals surface area contributed by atoms with Crippen LogP contribution in [-0.4, -0.2) is 21.3 Å². The lowest BCUT2D eigenvalue weighted by Crippen LogP contribution is -2.24. The number of aromatic nitrogens is 2. The van der Waals surface area contributed by atoms with Crippen LogP contribution in [0.15, 0.2) is 11.2 Å². The Kier molecular flexibility index (Phi) is 4.87. The Labute approximate surface area is 151 Å². The van der Waals surface area contributed by atoms with Crippen LogP contribution in [0, 0.1) is 19.7 Å². The van der Waals surface area contributed by atoms with Gasteiger partial charge in [-0.25, -0.2) is 9.37 Å². The molecule has 0 fully saturated rings. The molecule has 2 heterocycles. The fourth-order valence-corrected chi connectivity index (χ4v) is 3.56. The van der Waals surface area contributed by atoms with Crippen molar-refractivity contribution in [2.45, 2.75) is 44.3 Å². The summed E-state index contributed by atoms with van der Waals surface area (Å²) in [5.41, 5.74) is -0.782. The number of benzene rings is 1. The van der Waals surface area contributed by atoms with E-state index in [-0.39, 0.29) is 30.0 Å². The molecule has 0 saturated carbocycles. The van der Waals surface area contributed by atoms with Crippen molar-refractivity contribution in [3.05, 3.63) is 45.4 Å². The summed E-state index contributed by atoms with van der Waals surface area (Å²) < 4.78 is 60.9. The van der Waals surface area contributed by atoms with E-state index in [2.05, 4.69) is 9.97 Å². The van der Waals surface area contributed by atoms with Gasteiger partial charge in [-0.1, -0.05) is 17.8 Å². The van der Waals surface area contributed by atoms with Gasteiger partial charge in [-0.3, -0.25) is 0 Å². The number of fused-ring (bicyclic) bond motifs is 1. The van der Waals surface area contributed by atoms with Crippen molar-refractivity contribution in [3.8, 4) is 5.88 Å². The summed E-state index contributed by atoms with van der Waals surface area (Å²) in [6.45, 7) is 2.53. The van der Waals surface area contributed by atoms with E-state index < -0.39 is 29.2 Å². The van der Waals surface area contributed by atoms with E-state index in [1.165, 1.54) is 31.7 Å². The monoisotopic (exact) mass is 388 g/mol. The molecule has 0 radical (unpaired) electrons. The summed E-state index contributed by atoms with van der Waals surface area (Å²) in [5, 5.41) is 10.2. The molecule has 0 saturated heterocycles. The third-order valence-corrected chi connectivity index (χ3v) is 4.87. The van der Waals surface area contributed by atoms with Gasteiger partial charge in [0, 0.05) is 12.0 Å². The first-order valence-electron chi connectivity index (χ1n) is 7.74. The molecule has 1 aromatic carbocycles. The predicted octanol–water partition coefficient (Wildman–Crippen LogP) is 4.49. The summed E-state index contributed by atoms with van der Waals surface area (Å²) in [5.74, 6) is -1.20. The minimum atomic E-state index is -4.71. The van der Waals surface area contributed by atoms with E-state index >= 15 is 0 Å². The highest BCUT2D eigenvalue weighted by molar-refractivity contribution is 7.98. The molecular weight excluding hydrogens is 372 g/mol. The molecular formula is C17H16F4N2O2S. The number of nitrogens with zero attached hydrogens (tertiary/aromatic N) is 2. The van der Waals surface area contributed by atoms with Gasteiger partial charge in [0.05, 0.1) is 29.5 Å². The summed E-state index contributed by atoms with van der Waals surface area (Å²) in [4.78, 5) is 8.12. The number of hydrogen-bond donors (Lipinski definition) is 1. The van der Waals surface area contributed by atoms with E-state index in [0.717, 1.165) is 0 Å². The lowest BCUT2D eigenvalue weighted by molar-refractivity contribution is -0.140. The quantitative estimate of drug-likeness (QED) is 0.467. The first-order valence-corrected chi connectivity index (χ1v) is 8.97. The lowest BCUT2D eigenvalue weighted by Gasteiger charge is -2.29. The smallest absolute Gasteiger partial charge is 0.417 e. The Morgan fingerprint density at radius 3 is 2.54 bits per heavy atom. The number of halogens is 4.